The number of nitrogens with zero attached hydrogens (tertiary/aromatic N) is 3. The van der Waals surface area contributed by atoms with Crippen LogP contribution in [-0.2, 0) is 9.59 Å². The van der Waals surface area contributed by atoms with E-state index in [0.717, 1.165) is 38.0 Å². The minimum atomic E-state index is -0.139. The molecule has 1 aliphatic carbocycles. The molecule has 32 heavy (non-hydrogen) atoms. The van der Waals surface area contributed by atoms with Gasteiger partial charge in [0.15, 0.2) is 17.3 Å². The highest BCUT2D eigenvalue weighted by atomic mass is 32.2. The molecule has 0 bridgehead atoms. The van der Waals surface area contributed by atoms with Crippen molar-refractivity contribution in [3.63, 3.8) is 0 Å². The van der Waals surface area contributed by atoms with E-state index in [0.29, 0.717) is 34.8 Å². The van der Waals surface area contributed by atoms with Gasteiger partial charge in [-0.1, -0.05) is 11.8 Å². The van der Waals surface area contributed by atoms with Gasteiger partial charge in [0.2, 0.25) is 18.6 Å². The van der Waals surface area contributed by atoms with E-state index < -0.39 is 0 Å². The van der Waals surface area contributed by atoms with E-state index in [9.17, 15) is 9.59 Å². The summed E-state index contributed by atoms with van der Waals surface area (Å²) in [5.41, 5.74) is 0.659. The van der Waals surface area contributed by atoms with E-state index in [-0.39, 0.29) is 30.3 Å². The third kappa shape index (κ3) is 5.07. The van der Waals surface area contributed by atoms with Crippen molar-refractivity contribution in [3.8, 4) is 11.5 Å². The van der Waals surface area contributed by atoms with Gasteiger partial charge >= 0.3 is 0 Å². The van der Waals surface area contributed by atoms with Crippen LogP contribution < -0.4 is 25.0 Å². The number of carbonyl (C=O) groups excluding carboxylic acids is 2. The fourth-order valence-corrected chi connectivity index (χ4v) is 4.43. The van der Waals surface area contributed by atoms with Gasteiger partial charge in [-0.15, -0.1) is 10.2 Å². The summed E-state index contributed by atoms with van der Waals surface area (Å²) in [7, 11) is 0. The Morgan fingerprint density at radius 1 is 1.09 bits per heavy atom. The maximum atomic E-state index is 12.4. The minimum absolute atomic E-state index is 0.0000712. The highest BCUT2D eigenvalue weighted by molar-refractivity contribution is 7.99. The lowest BCUT2D eigenvalue weighted by atomic mass is 9.97. The monoisotopic (exact) mass is 455 g/mol. The van der Waals surface area contributed by atoms with Crippen LogP contribution in [-0.4, -0.2) is 53.7 Å². The number of carbonyl (C=O) groups is 2. The van der Waals surface area contributed by atoms with Gasteiger partial charge in [0.05, 0.1) is 11.7 Å². The summed E-state index contributed by atoms with van der Waals surface area (Å²) in [5.74, 6) is 2.31. The molecule has 0 unspecified atom stereocenters. The predicted molar refractivity (Wildman–Crippen MR) is 120 cm³/mol. The lowest BCUT2D eigenvalue weighted by Gasteiger charge is -2.32. The molecule has 5 rings (SSSR count). The zero-order chi connectivity index (χ0) is 21.9. The topological polar surface area (TPSA) is 106 Å². The number of aromatic nitrogens is 2. The molecule has 2 N–H and O–H groups in total. The highest BCUT2D eigenvalue weighted by Gasteiger charge is 2.31. The molecule has 0 spiro atoms. The number of rotatable bonds is 7. The van der Waals surface area contributed by atoms with Crippen molar-refractivity contribution in [2.24, 2.45) is 5.92 Å². The Kier molecular flexibility index (Phi) is 6.02. The van der Waals surface area contributed by atoms with Gasteiger partial charge < -0.3 is 25.0 Å². The normalized spacial score (nSPS) is 19.5. The second kappa shape index (κ2) is 9.23. The van der Waals surface area contributed by atoms with Gasteiger partial charge in [-0.25, -0.2) is 0 Å². The average Bonchev–Trinajstić information content (AvgIpc) is 3.51. The molecule has 3 aliphatic rings. The van der Waals surface area contributed by atoms with Crippen molar-refractivity contribution < 1.29 is 19.1 Å². The molecule has 1 aromatic carbocycles. The first kappa shape index (κ1) is 20.9. The van der Waals surface area contributed by atoms with Crippen molar-refractivity contribution in [2.75, 3.05) is 35.9 Å². The number of amides is 2. The second-order valence-corrected chi connectivity index (χ2v) is 9.20. The Morgan fingerprint density at radius 2 is 1.97 bits per heavy atom. The minimum Gasteiger partial charge on any atom is -0.454 e. The summed E-state index contributed by atoms with van der Waals surface area (Å²) in [6, 6.07) is 9.46. The molecular weight excluding hydrogens is 430 g/mol. The zero-order valence-electron chi connectivity index (χ0n) is 17.6. The Bertz CT molecular complexity index is 998. The van der Waals surface area contributed by atoms with Gasteiger partial charge in [0.25, 0.3) is 0 Å². The SMILES string of the molecule is O=C(CSc1ccc(N2CCC[C@@H](C(=O)NC3CC3)C2)nn1)Nc1ccc2c(c1)OCO2. The maximum Gasteiger partial charge on any atom is 0.234 e. The number of benzene rings is 1. The fourth-order valence-electron chi connectivity index (χ4n) is 3.82. The molecular formula is C22H25N5O4S. The van der Waals surface area contributed by atoms with E-state index in [4.69, 9.17) is 9.47 Å². The standard InChI is InChI=1S/C22H25N5O4S/c28-20(23-16-5-6-17-18(10-16)31-13-30-17)12-32-21-8-7-19(25-26-21)27-9-1-2-14(11-27)22(29)24-15-3-4-15/h5-8,10,14-15H,1-4,9,11-13H2,(H,23,28)(H,24,29)/t14-/m1/s1. The molecule has 2 aliphatic heterocycles. The maximum absolute atomic E-state index is 12.4. The van der Waals surface area contributed by atoms with Gasteiger partial charge in [-0.2, -0.15) is 0 Å². The lowest BCUT2D eigenvalue weighted by Crippen LogP contribution is -2.44. The molecule has 0 radical (unpaired) electrons. The first-order chi connectivity index (χ1) is 15.6. The van der Waals surface area contributed by atoms with E-state index in [1.165, 1.54) is 11.8 Å². The summed E-state index contributed by atoms with van der Waals surface area (Å²) in [6.45, 7) is 1.73. The Hall–Kier alpha value is -3.01. The van der Waals surface area contributed by atoms with Crippen LogP contribution in [0.5, 0.6) is 11.5 Å². The number of fused-ring (bicyclic) bond motifs is 1. The van der Waals surface area contributed by atoms with Gasteiger partial charge in [-0.3, -0.25) is 9.59 Å². The summed E-state index contributed by atoms with van der Waals surface area (Å²) in [6.07, 6.45) is 4.07. The van der Waals surface area contributed by atoms with Crippen molar-refractivity contribution in [1.29, 1.82) is 0 Å². The smallest absolute Gasteiger partial charge is 0.234 e. The molecule has 168 valence electrons. The largest absolute Gasteiger partial charge is 0.454 e. The lowest BCUT2D eigenvalue weighted by molar-refractivity contribution is -0.125. The van der Waals surface area contributed by atoms with Crippen LogP contribution in [0.2, 0.25) is 0 Å². The molecule has 1 aromatic heterocycles. The van der Waals surface area contributed by atoms with Crippen LogP contribution in [0.4, 0.5) is 11.5 Å². The number of piperidine rings is 1. The number of hydrogen-bond acceptors (Lipinski definition) is 8. The predicted octanol–water partition coefficient (Wildman–Crippen LogP) is 2.43. The molecule has 2 fully saturated rings. The molecule has 1 atom stereocenters. The number of thioether (sulfide) groups is 1. The highest BCUT2D eigenvalue weighted by Crippen LogP contribution is 2.34. The van der Waals surface area contributed by atoms with Crippen LogP contribution >= 0.6 is 11.8 Å². The van der Waals surface area contributed by atoms with Crippen LogP contribution in [0.15, 0.2) is 35.4 Å². The molecule has 10 heteroatoms. The second-order valence-electron chi connectivity index (χ2n) is 8.20. The van der Waals surface area contributed by atoms with Crippen LogP contribution in [0.3, 0.4) is 0 Å². The van der Waals surface area contributed by atoms with E-state index >= 15 is 0 Å². The number of nitrogens with one attached hydrogen (secondary N) is 2. The van der Waals surface area contributed by atoms with Crippen LogP contribution in [0, 0.1) is 5.92 Å². The fraction of sp³-hybridized carbons (Fsp3) is 0.455. The Morgan fingerprint density at radius 3 is 2.78 bits per heavy atom. The van der Waals surface area contributed by atoms with Gasteiger partial charge in [0.1, 0.15) is 5.03 Å². The quantitative estimate of drug-likeness (QED) is 0.614. The molecule has 2 aromatic rings. The summed E-state index contributed by atoms with van der Waals surface area (Å²) >= 11 is 1.32. The van der Waals surface area contributed by atoms with E-state index in [1.807, 2.05) is 12.1 Å². The van der Waals surface area contributed by atoms with Crippen LogP contribution in [0.1, 0.15) is 25.7 Å². The van der Waals surface area contributed by atoms with Gasteiger partial charge in [-0.05, 0) is 49.9 Å². The first-order valence-corrected chi connectivity index (χ1v) is 11.8. The summed E-state index contributed by atoms with van der Waals surface area (Å²) in [5, 5.41) is 15.2. The van der Waals surface area contributed by atoms with Crippen molar-refractivity contribution in [3.05, 3.63) is 30.3 Å². The molecule has 1 saturated carbocycles. The van der Waals surface area contributed by atoms with E-state index in [2.05, 4.69) is 25.7 Å². The summed E-state index contributed by atoms with van der Waals surface area (Å²) < 4.78 is 10.6. The Balaban J connectivity index is 1.11. The van der Waals surface area contributed by atoms with Crippen molar-refractivity contribution in [2.45, 2.75) is 36.8 Å². The van der Waals surface area contributed by atoms with Crippen molar-refractivity contribution >= 4 is 35.1 Å². The third-order valence-electron chi connectivity index (χ3n) is 5.67. The average molecular weight is 456 g/mol. The Labute approximate surface area is 190 Å². The first-order valence-electron chi connectivity index (χ1n) is 10.9. The van der Waals surface area contributed by atoms with Crippen molar-refractivity contribution in [1.82, 2.24) is 15.5 Å². The van der Waals surface area contributed by atoms with Crippen LogP contribution in [0.25, 0.3) is 0 Å². The third-order valence-corrected chi connectivity index (χ3v) is 6.59. The molecule has 2 amide bonds. The number of anilines is 2. The number of ether oxygens (including phenoxy) is 2. The molecule has 9 nitrogen and oxygen atoms in total. The number of hydrogen-bond donors (Lipinski definition) is 2. The van der Waals surface area contributed by atoms with E-state index in [1.54, 1.807) is 18.2 Å². The zero-order valence-corrected chi connectivity index (χ0v) is 18.4. The molecule has 1 saturated heterocycles. The summed E-state index contributed by atoms with van der Waals surface area (Å²) in [4.78, 5) is 26.8. The molecule has 3 heterocycles. The van der Waals surface area contributed by atoms with Gasteiger partial charge in [0, 0.05) is 30.9 Å².